The molecular weight excluding hydrogens is 280 g/mol. The minimum atomic E-state index is 0.319. The van der Waals surface area contributed by atoms with Crippen molar-refractivity contribution in [2.75, 3.05) is 18.0 Å². The Morgan fingerprint density at radius 1 is 1.14 bits per heavy atom. The molecule has 0 atom stereocenters. The number of fused-ring (bicyclic) bond motifs is 1. The number of hydrogen-bond donors (Lipinski definition) is 1. The van der Waals surface area contributed by atoms with Crippen molar-refractivity contribution < 1.29 is 0 Å². The highest BCUT2D eigenvalue weighted by atomic mass is 32.1. The van der Waals surface area contributed by atoms with Crippen molar-refractivity contribution >= 4 is 23.2 Å². The third-order valence-electron chi connectivity index (χ3n) is 3.80. The fraction of sp³-hybridized carbons (Fsp3) is 0.312. The van der Waals surface area contributed by atoms with Crippen LogP contribution in [0.4, 0.5) is 5.95 Å². The Morgan fingerprint density at radius 3 is 2.33 bits per heavy atom. The van der Waals surface area contributed by atoms with Gasteiger partial charge in [-0.25, -0.2) is 9.97 Å². The van der Waals surface area contributed by atoms with E-state index in [4.69, 9.17) is 18.0 Å². The summed E-state index contributed by atoms with van der Waals surface area (Å²) in [5.74, 6) is 0.727. The number of nitrogens with zero attached hydrogens (tertiary/aromatic N) is 3. The number of aryl methyl sites for hydroxylation is 1. The Kier molecular flexibility index (Phi) is 3.84. The van der Waals surface area contributed by atoms with E-state index in [9.17, 15) is 0 Å². The Bertz CT molecular complexity index is 657. The van der Waals surface area contributed by atoms with Gasteiger partial charge < -0.3 is 10.6 Å². The van der Waals surface area contributed by atoms with Crippen LogP contribution in [0, 0.1) is 6.92 Å². The zero-order chi connectivity index (χ0) is 14.8. The summed E-state index contributed by atoms with van der Waals surface area (Å²) in [7, 11) is 0. The lowest BCUT2D eigenvalue weighted by atomic mass is 10.0. The van der Waals surface area contributed by atoms with Crippen molar-refractivity contribution in [3.8, 4) is 0 Å². The second-order valence-electron chi connectivity index (χ2n) is 5.31. The van der Waals surface area contributed by atoms with E-state index in [0.717, 1.165) is 37.6 Å². The monoisotopic (exact) mass is 298 g/mol. The van der Waals surface area contributed by atoms with E-state index in [2.05, 4.69) is 39.1 Å². The van der Waals surface area contributed by atoms with Gasteiger partial charge in [0.05, 0.1) is 0 Å². The van der Waals surface area contributed by atoms with Gasteiger partial charge in [-0.1, -0.05) is 36.5 Å². The fourth-order valence-corrected chi connectivity index (χ4v) is 2.79. The number of aromatic nitrogens is 2. The first-order chi connectivity index (χ1) is 10.1. The third-order valence-corrected chi connectivity index (χ3v) is 4.01. The van der Waals surface area contributed by atoms with Crippen LogP contribution >= 0.6 is 12.2 Å². The maximum absolute atomic E-state index is 5.70. The lowest BCUT2D eigenvalue weighted by Gasteiger charge is -2.21. The molecule has 0 aliphatic carbocycles. The number of nitrogens with two attached hydrogens (primary N) is 1. The van der Waals surface area contributed by atoms with E-state index < -0.39 is 0 Å². The minimum Gasteiger partial charge on any atom is -0.388 e. The van der Waals surface area contributed by atoms with Gasteiger partial charge in [-0.3, -0.25) is 0 Å². The molecule has 0 radical (unpaired) electrons. The van der Waals surface area contributed by atoms with Gasteiger partial charge in [0, 0.05) is 18.8 Å². The molecule has 1 aliphatic heterocycles. The van der Waals surface area contributed by atoms with Gasteiger partial charge >= 0.3 is 0 Å². The van der Waals surface area contributed by atoms with Gasteiger partial charge in [0.2, 0.25) is 5.95 Å². The molecule has 4 nitrogen and oxygen atoms in total. The standard InChI is InChI=1S/C16H18N4S/c1-11-10-14(15(17)21)19-16(18-11)20-8-6-12-4-2-3-5-13(12)7-9-20/h2-5,10H,6-9H2,1H3,(H2,17,21). The molecule has 0 fully saturated rings. The predicted octanol–water partition coefficient (Wildman–Crippen LogP) is 2.02. The highest BCUT2D eigenvalue weighted by Crippen LogP contribution is 2.19. The topological polar surface area (TPSA) is 55.0 Å². The zero-order valence-corrected chi connectivity index (χ0v) is 12.9. The number of rotatable bonds is 2. The van der Waals surface area contributed by atoms with E-state index in [1.165, 1.54) is 11.1 Å². The predicted molar refractivity (Wildman–Crippen MR) is 88.7 cm³/mol. The van der Waals surface area contributed by atoms with Gasteiger partial charge in [-0.15, -0.1) is 0 Å². The molecule has 0 saturated heterocycles. The Morgan fingerprint density at radius 2 is 1.76 bits per heavy atom. The van der Waals surface area contributed by atoms with Crippen LogP contribution in [0.3, 0.4) is 0 Å². The summed E-state index contributed by atoms with van der Waals surface area (Å²) in [6, 6.07) is 10.4. The summed E-state index contributed by atoms with van der Waals surface area (Å²) in [5, 5.41) is 0. The minimum absolute atomic E-state index is 0.319. The van der Waals surface area contributed by atoms with Crippen molar-refractivity contribution in [2.24, 2.45) is 5.73 Å². The van der Waals surface area contributed by atoms with Crippen LogP contribution in [0.1, 0.15) is 22.5 Å². The normalized spacial score (nSPS) is 14.4. The lowest BCUT2D eigenvalue weighted by Crippen LogP contribution is -2.29. The summed E-state index contributed by atoms with van der Waals surface area (Å²) >= 11 is 5.04. The molecule has 2 N–H and O–H groups in total. The molecule has 108 valence electrons. The molecular formula is C16H18N4S. The average Bonchev–Trinajstić information content (AvgIpc) is 2.69. The maximum atomic E-state index is 5.70. The number of thiocarbonyl (C=S) groups is 1. The molecule has 0 unspecified atom stereocenters. The number of anilines is 1. The van der Waals surface area contributed by atoms with Crippen molar-refractivity contribution in [1.29, 1.82) is 0 Å². The van der Waals surface area contributed by atoms with Gasteiger partial charge in [-0.05, 0) is 37.0 Å². The van der Waals surface area contributed by atoms with Crippen LogP contribution in [0.25, 0.3) is 0 Å². The Balaban J connectivity index is 1.87. The summed E-state index contributed by atoms with van der Waals surface area (Å²) < 4.78 is 0. The van der Waals surface area contributed by atoms with Gasteiger partial charge in [0.25, 0.3) is 0 Å². The van der Waals surface area contributed by atoms with Gasteiger partial charge in [0.15, 0.2) is 0 Å². The molecule has 21 heavy (non-hydrogen) atoms. The highest BCUT2D eigenvalue weighted by Gasteiger charge is 2.17. The molecule has 3 rings (SSSR count). The molecule has 0 bridgehead atoms. The van der Waals surface area contributed by atoms with Crippen LogP contribution in [0.15, 0.2) is 30.3 Å². The van der Waals surface area contributed by atoms with E-state index in [0.29, 0.717) is 10.7 Å². The molecule has 1 aliphatic rings. The smallest absolute Gasteiger partial charge is 0.226 e. The summed E-state index contributed by atoms with van der Waals surface area (Å²) in [6.07, 6.45) is 2.02. The van der Waals surface area contributed by atoms with Crippen LogP contribution in [0.2, 0.25) is 0 Å². The van der Waals surface area contributed by atoms with Gasteiger partial charge in [-0.2, -0.15) is 0 Å². The van der Waals surface area contributed by atoms with Crippen molar-refractivity contribution in [3.63, 3.8) is 0 Å². The van der Waals surface area contributed by atoms with Crippen molar-refractivity contribution in [1.82, 2.24) is 9.97 Å². The second-order valence-corrected chi connectivity index (χ2v) is 5.75. The summed E-state index contributed by atoms with van der Waals surface area (Å²) in [5.41, 5.74) is 10.1. The fourth-order valence-electron chi connectivity index (χ4n) is 2.69. The first kappa shape index (κ1) is 13.9. The number of hydrogen-bond acceptors (Lipinski definition) is 4. The second kappa shape index (κ2) is 5.77. The van der Waals surface area contributed by atoms with Crippen LogP contribution in [0.5, 0.6) is 0 Å². The molecule has 1 aromatic heterocycles. The molecule has 2 heterocycles. The molecule has 2 aromatic rings. The molecule has 0 amide bonds. The summed E-state index contributed by atoms with van der Waals surface area (Å²) in [6.45, 7) is 3.77. The number of benzene rings is 1. The molecule has 5 heteroatoms. The van der Waals surface area contributed by atoms with Gasteiger partial charge in [0.1, 0.15) is 10.7 Å². The zero-order valence-electron chi connectivity index (χ0n) is 12.0. The highest BCUT2D eigenvalue weighted by molar-refractivity contribution is 7.80. The van der Waals surface area contributed by atoms with Crippen molar-refractivity contribution in [2.45, 2.75) is 19.8 Å². The average molecular weight is 298 g/mol. The molecule has 0 spiro atoms. The first-order valence-electron chi connectivity index (χ1n) is 7.11. The molecule has 1 aromatic carbocycles. The van der Waals surface area contributed by atoms with E-state index in [1.807, 2.05) is 13.0 Å². The maximum Gasteiger partial charge on any atom is 0.226 e. The van der Waals surface area contributed by atoms with Crippen molar-refractivity contribution in [3.05, 3.63) is 52.8 Å². The summed E-state index contributed by atoms with van der Waals surface area (Å²) in [4.78, 5) is 11.6. The van der Waals surface area contributed by atoms with Crippen LogP contribution < -0.4 is 10.6 Å². The largest absolute Gasteiger partial charge is 0.388 e. The SMILES string of the molecule is Cc1cc(C(N)=S)nc(N2CCc3ccccc3CC2)n1. The van der Waals surface area contributed by atoms with Crippen LogP contribution in [-0.4, -0.2) is 28.0 Å². The quantitative estimate of drug-likeness (QED) is 0.860. The first-order valence-corrected chi connectivity index (χ1v) is 7.51. The third kappa shape index (κ3) is 3.03. The van der Waals surface area contributed by atoms with Crippen LogP contribution in [-0.2, 0) is 12.8 Å². The molecule has 0 saturated carbocycles. The Labute approximate surface area is 130 Å². The Hall–Kier alpha value is -2.01. The lowest BCUT2D eigenvalue weighted by molar-refractivity contribution is 0.768. The van der Waals surface area contributed by atoms with E-state index >= 15 is 0 Å². The van der Waals surface area contributed by atoms with E-state index in [-0.39, 0.29) is 0 Å². The van der Waals surface area contributed by atoms with E-state index in [1.54, 1.807) is 0 Å².